The van der Waals surface area contributed by atoms with Crippen molar-refractivity contribution >= 4 is 17.2 Å². The number of aromatic nitrogens is 4. The molecule has 0 aliphatic carbocycles. The summed E-state index contributed by atoms with van der Waals surface area (Å²) in [5.74, 6) is 0.216. The first-order valence-electron chi connectivity index (χ1n) is 8.49. The van der Waals surface area contributed by atoms with E-state index in [-0.39, 0.29) is 17.4 Å². The van der Waals surface area contributed by atoms with Crippen LogP contribution in [0.4, 0.5) is 4.39 Å². The third-order valence-electron chi connectivity index (χ3n) is 4.64. The number of carbonyl (C=O) groups is 1. The van der Waals surface area contributed by atoms with Gasteiger partial charge in [-0.1, -0.05) is 0 Å². The van der Waals surface area contributed by atoms with E-state index in [1.807, 2.05) is 17.1 Å². The maximum atomic E-state index is 13.9. The van der Waals surface area contributed by atoms with Gasteiger partial charge in [-0.05, 0) is 18.9 Å². The molecule has 6 nitrogen and oxygen atoms in total. The fourth-order valence-electron chi connectivity index (χ4n) is 3.40. The van der Waals surface area contributed by atoms with Crippen molar-refractivity contribution in [2.45, 2.75) is 25.3 Å². The second kappa shape index (κ2) is 7.33. The largest absolute Gasteiger partial charge is 0.338 e. The van der Waals surface area contributed by atoms with Crippen LogP contribution in [-0.4, -0.2) is 43.4 Å². The monoisotopic (exact) mass is 371 g/mol. The van der Waals surface area contributed by atoms with Crippen LogP contribution in [0.15, 0.2) is 41.7 Å². The minimum atomic E-state index is -0.579. The first kappa shape index (κ1) is 16.8. The number of rotatable bonds is 4. The van der Waals surface area contributed by atoms with Gasteiger partial charge in [0.25, 0.3) is 5.91 Å². The van der Waals surface area contributed by atoms with Crippen LogP contribution < -0.4 is 0 Å². The standard InChI is InChI=1S/C18H18FN5OS/c19-16-8-20-4-3-15(16)18(25)24-6-1-2-13(9-24)17-21-5-7-23(17)10-14-11-26-12-22-14/h3-5,7-8,11-13H,1-2,6,9-10H2/t13-/m1/s1. The molecule has 26 heavy (non-hydrogen) atoms. The third-order valence-corrected chi connectivity index (χ3v) is 5.28. The molecule has 0 N–H and O–H groups in total. The average molecular weight is 371 g/mol. The summed E-state index contributed by atoms with van der Waals surface area (Å²) in [5, 5.41) is 2.02. The molecule has 1 atom stereocenters. The van der Waals surface area contributed by atoms with E-state index >= 15 is 0 Å². The Bertz CT molecular complexity index is 895. The maximum absolute atomic E-state index is 13.9. The zero-order chi connectivity index (χ0) is 17.9. The highest BCUT2D eigenvalue weighted by atomic mass is 32.1. The molecule has 0 saturated carbocycles. The van der Waals surface area contributed by atoms with Gasteiger partial charge in [0.1, 0.15) is 5.82 Å². The lowest BCUT2D eigenvalue weighted by atomic mass is 9.96. The Labute approximate surface area is 154 Å². The van der Waals surface area contributed by atoms with E-state index in [1.54, 1.807) is 22.4 Å². The first-order chi connectivity index (χ1) is 12.7. The number of likely N-dealkylation sites (tertiary alicyclic amines) is 1. The summed E-state index contributed by atoms with van der Waals surface area (Å²) in [7, 11) is 0. The van der Waals surface area contributed by atoms with Gasteiger partial charge < -0.3 is 9.47 Å². The topological polar surface area (TPSA) is 63.9 Å². The molecule has 0 unspecified atom stereocenters. The van der Waals surface area contributed by atoms with E-state index in [9.17, 15) is 9.18 Å². The molecule has 1 fully saturated rings. The number of pyridine rings is 1. The van der Waals surface area contributed by atoms with Crippen LogP contribution in [0.25, 0.3) is 0 Å². The highest BCUT2D eigenvalue weighted by Gasteiger charge is 2.29. The molecule has 4 heterocycles. The molecule has 1 aliphatic rings. The predicted molar refractivity (Wildman–Crippen MR) is 95.5 cm³/mol. The Balaban J connectivity index is 1.52. The Kier molecular flexibility index (Phi) is 4.75. The Hall–Kier alpha value is -2.61. The number of thiazole rings is 1. The van der Waals surface area contributed by atoms with Gasteiger partial charge in [-0.2, -0.15) is 0 Å². The second-order valence-electron chi connectivity index (χ2n) is 6.34. The van der Waals surface area contributed by atoms with Gasteiger partial charge in [-0.25, -0.2) is 14.4 Å². The van der Waals surface area contributed by atoms with Gasteiger partial charge >= 0.3 is 0 Å². The second-order valence-corrected chi connectivity index (χ2v) is 7.06. The lowest BCUT2D eigenvalue weighted by Gasteiger charge is -2.32. The van der Waals surface area contributed by atoms with E-state index in [0.29, 0.717) is 19.6 Å². The molecule has 0 spiro atoms. The molecule has 1 amide bonds. The number of hydrogen-bond donors (Lipinski definition) is 0. The van der Waals surface area contributed by atoms with Gasteiger partial charge in [-0.15, -0.1) is 11.3 Å². The van der Waals surface area contributed by atoms with Gasteiger partial charge in [0.05, 0.1) is 29.5 Å². The van der Waals surface area contributed by atoms with Crippen LogP contribution in [0.3, 0.4) is 0 Å². The van der Waals surface area contributed by atoms with Gasteiger partial charge in [-0.3, -0.25) is 9.78 Å². The number of nitrogens with zero attached hydrogens (tertiary/aromatic N) is 5. The van der Waals surface area contributed by atoms with E-state index in [4.69, 9.17) is 0 Å². The van der Waals surface area contributed by atoms with Crippen molar-refractivity contribution in [2.75, 3.05) is 13.1 Å². The summed E-state index contributed by atoms with van der Waals surface area (Å²) < 4.78 is 16.0. The van der Waals surface area contributed by atoms with E-state index < -0.39 is 5.82 Å². The number of halogens is 1. The molecule has 0 radical (unpaired) electrons. The maximum Gasteiger partial charge on any atom is 0.256 e. The van der Waals surface area contributed by atoms with E-state index in [1.165, 1.54) is 12.3 Å². The van der Waals surface area contributed by atoms with Crippen LogP contribution in [-0.2, 0) is 6.54 Å². The number of piperidine rings is 1. The summed E-state index contributed by atoms with van der Waals surface area (Å²) in [6.07, 6.45) is 8.07. The lowest BCUT2D eigenvalue weighted by molar-refractivity contribution is 0.0698. The third kappa shape index (κ3) is 3.37. The van der Waals surface area contributed by atoms with Gasteiger partial charge in [0.15, 0.2) is 5.82 Å². The van der Waals surface area contributed by atoms with Crippen molar-refractivity contribution in [3.05, 3.63) is 64.6 Å². The molecule has 134 valence electrons. The van der Waals surface area contributed by atoms with Crippen molar-refractivity contribution < 1.29 is 9.18 Å². The molecular formula is C18H18FN5OS. The molecule has 3 aromatic heterocycles. The molecule has 8 heteroatoms. The average Bonchev–Trinajstić information content (AvgIpc) is 3.34. The highest BCUT2D eigenvalue weighted by molar-refractivity contribution is 7.07. The zero-order valence-corrected chi connectivity index (χ0v) is 14.9. The molecular weight excluding hydrogens is 353 g/mol. The summed E-state index contributed by atoms with van der Waals surface area (Å²) in [6, 6.07) is 1.43. The minimum Gasteiger partial charge on any atom is -0.338 e. The highest BCUT2D eigenvalue weighted by Crippen LogP contribution is 2.27. The van der Waals surface area contributed by atoms with E-state index in [2.05, 4.69) is 19.5 Å². The predicted octanol–water partition coefficient (Wildman–Crippen LogP) is 2.94. The molecule has 0 aromatic carbocycles. The number of hydrogen-bond acceptors (Lipinski definition) is 5. The summed E-state index contributed by atoms with van der Waals surface area (Å²) >= 11 is 1.57. The van der Waals surface area contributed by atoms with Gasteiger partial charge in [0.2, 0.25) is 0 Å². The van der Waals surface area contributed by atoms with E-state index in [0.717, 1.165) is 30.6 Å². The van der Waals surface area contributed by atoms with Crippen LogP contribution in [0.5, 0.6) is 0 Å². The van der Waals surface area contributed by atoms with Gasteiger partial charge in [0, 0.05) is 43.0 Å². The fourth-order valence-corrected chi connectivity index (χ4v) is 3.95. The first-order valence-corrected chi connectivity index (χ1v) is 9.43. The lowest BCUT2D eigenvalue weighted by Crippen LogP contribution is -2.40. The van der Waals surface area contributed by atoms with Crippen molar-refractivity contribution in [3.63, 3.8) is 0 Å². The van der Waals surface area contributed by atoms with Crippen molar-refractivity contribution in [2.24, 2.45) is 0 Å². The quantitative estimate of drug-likeness (QED) is 0.707. The molecule has 1 saturated heterocycles. The summed E-state index contributed by atoms with van der Waals surface area (Å²) in [4.78, 5) is 27.0. The van der Waals surface area contributed by atoms with Crippen LogP contribution in [0.2, 0.25) is 0 Å². The molecule has 0 bridgehead atoms. The summed E-state index contributed by atoms with van der Waals surface area (Å²) in [5.41, 5.74) is 2.89. The smallest absolute Gasteiger partial charge is 0.256 e. The number of amides is 1. The molecule has 1 aliphatic heterocycles. The Morgan fingerprint density at radius 2 is 2.27 bits per heavy atom. The minimum absolute atomic E-state index is 0.0754. The number of carbonyl (C=O) groups excluding carboxylic acids is 1. The number of imidazole rings is 1. The molecule has 3 aromatic rings. The normalized spacial score (nSPS) is 17.4. The molecule has 4 rings (SSSR count). The Morgan fingerprint density at radius 1 is 1.35 bits per heavy atom. The zero-order valence-electron chi connectivity index (χ0n) is 14.1. The summed E-state index contributed by atoms with van der Waals surface area (Å²) in [6.45, 7) is 1.83. The van der Waals surface area contributed by atoms with Crippen LogP contribution >= 0.6 is 11.3 Å². The van der Waals surface area contributed by atoms with Crippen molar-refractivity contribution in [1.29, 1.82) is 0 Å². The fraction of sp³-hybridized carbons (Fsp3) is 0.333. The van der Waals surface area contributed by atoms with Crippen LogP contribution in [0.1, 0.15) is 40.6 Å². The van der Waals surface area contributed by atoms with Crippen molar-refractivity contribution in [1.82, 2.24) is 24.4 Å². The van der Waals surface area contributed by atoms with Crippen molar-refractivity contribution in [3.8, 4) is 0 Å². The SMILES string of the molecule is O=C(c1ccncc1F)N1CCC[C@@H](c2nccn2Cc2cscn2)C1. The van der Waals surface area contributed by atoms with Crippen LogP contribution in [0, 0.1) is 5.82 Å². The Morgan fingerprint density at radius 3 is 3.08 bits per heavy atom.